The molecule has 0 fully saturated rings. The Morgan fingerprint density at radius 1 is 1.50 bits per heavy atom. The first-order chi connectivity index (χ1) is 5.59. The van der Waals surface area contributed by atoms with Crippen molar-refractivity contribution >= 4 is 15.9 Å². The summed E-state index contributed by atoms with van der Waals surface area (Å²) in [6.07, 6.45) is 0.999. The van der Waals surface area contributed by atoms with E-state index in [9.17, 15) is 13.2 Å². The van der Waals surface area contributed by atoms with E-state index in [1.807, 2.05) is 0 Å². The number of alkyl halides is 2. The van der Waals surface area contributed by atoms with Crippen LogP contribution in [0.2, 0.25) is 0 Å². The molecule has 6 heteroatoms. The van der Waals surface area contributed by atoms with Gasteiger partial charge in [-0.3, -0.25) is 0 Å². The van der Waals surface area contributed by atoms with Crippen molar-refractivity contribution in [3.05, 3.63) is 22.7 Å². The van der Waals surface area contributed by atoms with Gasteiger partial charge in [-0.1, -0.05) is 0 Å². The van der Waals surface area contributed by atoms with Crippen LogP contribution in [-0.4, -0.2) is 11.6 Å². The van der Waals surface area contributed by atoms with Gasteiger partial charge in [-0.15, -0.1) is 0 Å². The van der Waals surface area contributed by atoms with Crippen LogP contribution in [0.15, 0.2) is 16.9 Å². The third kappa shape index (κ3) is 2.37. The van der Waals surface area contributed by atoms with E-state index in [2.05, 4.69) is 25.7 Å². The van der Waals surface area contributed by atoms with Gasteiger partial charge in [-0.2, -0.15) is 8.78 Å². The van der Waals surface area contributed by atoms with E-state index in [1.165, 1.54) is 0 Å². The normalized spacial score (nSPS) is 10.4. The zero-order valence-corrected chi connectivity index (χ0v) is 7.19. The van der Waals surface area contributed by atoms with Gasteiger partial charge in [-0.05, 0) is 15.9 Å². The Labute approximate surface area is 74.5 Å². The molecule has 66 valence electrons. The summed E-state index contributed by atoms with van der Waals surface area (Å²) in [4.78, 5) is 3.42. The number of rotatable bonds is 2. The Balaban J connectivity index is 2.82. The van der Waals surface area contributed by atoms with E-state index >= 15 is 0 Å². The topological polar surface area (TPSA) is 22.1 Å². The van der Waals surface area contributed by atoms with Gasteiger partial charge in [0.25, 0.3) is 0 Å². The van der Waals surface area contributed by atoms with Crippen molar-refractivity contribution in [2.24, 2.45) is 0 Å². The zero-order chi connectivity index (χ0) is 9.14. The Bertz CT molecular complexity index is 281. The van der Waals surface area contributed by atoms with Crippen molar-refractivity contribution in [1.29, 1.82) is 0 Å². The molecule has 1 aromatic rings. The van der Waals surface area contributed by atoms with Crippen LogP contribution in [0.5, 0.6) is 5.75 Å². The second-order valence-electron chi connectivity index (χ2n) is 1.82. The van der Waals surface area contributed by atoms with Gasteiger partial charge >= 0.3 is 6.61 Å². The molecule has 0 aliphatic carbocycles. The van der Waals surface area contributed by atoms with E-state index < -0.39 is 12.4 Å². The maximum absolute atomic E-state index is 12.6. The summed E-state index contributed by atoms with van der Waals surface area (Å²) < 4.78 is 39.6. The highest BCUT2D eigenvalue weighted by Crippen LogP contribution is 2.18. The molecular weight excluding hydrogens is 239 g/mol. The number of hydrogen-bond acceptors (Lipinski definition) is 2. The van der Waals surface area contributed by atoms with Crippen molar-refractivity contribution < 1.29 is 17.9 Å². The molecule has 1 heterocycles. The first-order valence-electron chi connectivity index (χ1n) is 2.85. The summed E-state index contributed by atoms with van der Waals surface area (Å²) in [6, 6.07) is 0.823. The monoisotopic (exact) mass is 241 g/mol. The van der Waals surface area contributed by atoms with Gasteiger partial charge in [0, 0.05) is 6.07 Å². The van der Waals surface area contributed by atoms with Crippen LogP contribution in [0.3, 0.4) is 0 Å². The fourth-order valence-electron chi connectivity index (χ4n) is 0.571. The molecule has 1 rings (SSSR count). The number of pyridine rings is 1. The van der Waals surface area contributed by atoms with Crippen molar-refractivity contribution in [3.8, 4) is 5.75 Å². The lowest BCUT2D eigenvalue weighted by Crippen LogP contribution is -2.02. The maximum atomic E-state index is 12.6. The molecular formula is C6H3BrF3NO. The van der Waals surface area contributed by atoms with Crippen molar-refractivity contribution in [3.63, 3.8) is 0 Å². The van der Waals surface area contributed by atoms with Gasteiger partial charge in [0.05, 0.1) is 6.20 Å². The molecule has 0 aliphatic rings. The van der Waals surface area contributed by atoms with E-state index in [4.69, 9.17) is 0 Å². The Morgan fingerprint density at radius 3 is 2.67 bits per heavy atom. The molecule has 0 amide bonds. The minimum absolute atomic E-state index is 0.0379. The molecule has 0 aromatic carbocycles. The molecule has 12 heavy (non-hydrogen) atoms. The van der Waals surface area contributed by atoms with E-state index in [0.717, 1.165) is 12.3 Å². The second kappa shape index (κ2) is 3.75. The molecule has 0 saturated carbocycles. The quantitative estimate of drug-likeness (QED) is 0.743. The smallest absolute Gasteiger partial charge is 0.387 e. The summed E-state index contributed by atoms with van der Waals surface area (Å²) in [6.45, 7) is -2.97. The minimum atomic E-state index is -2.97. The predicted molar refractivity (Wildman–Crippen MR) is 38.5 cm³/mol. The highest BCUT2D eigenvalue weighted by atomic mass is 79.9. The summed E-state index contributed by atoms with van der Waals surface area (Å²) in [5.41, 5.74) is 0. The second-order valence-corrected chi connectivity index (χ2v) is 2.57. The van der Waals surface area contributed by atoms with Gasteiger partial charge in [0.15, 0.2) is 5.82 Å². The van der Waals surface area contributed by atoms with Gasteiger partial charge in [0.1, 0.15) is 10.4 Å². The van der Waals surface area contributed by atoms with Crippen LogP contribution in [-0.2, 0) is 0 Å². The first-order valence-corrected chi connectivity index (χ1v) is 3.65. The van der Waals surface area contributed by atoms with E-state index in [0.29, 0.717) is 0 Å². The first kappa shape index (κ1) is 9.31. The third-order valence-corrected chi connectivity index (χ3v) is 1.58. The predicted octanol–water partition coefficient (Wildman–Crippen LogP) is 2.58. The molecule has 0 radical (unpaired) electrons. The molecule has 0 spiro atoms. The van der Waals surface area contributed by atoms with Crippen LogP contribution < -0.4 is 4.74 Å². The molecule has 0 N–H and O–H groups in total. The Hall–Kier alpha value is -0.780. The summed E-state index contributed by atoms with van der Waals surface area (Å²) >= 11 is 2.77. The highest BCUT2D eigenvalue weighted by molar-refractivity contribution is 9.10. The largest absolute Gasteiger partial charge is 0.433 e. The SMILES string of the molecule is Fc1cc(OC(F)F)cnc1Br. The van der Waals surface area contributed by atoms with Crippen LogP contribution in [0.1, 0.15) is 0 Å². The third-order valence-electron chi connectivity index (χ3n) is 0.996. The van der Waals surface area contributed by atoms with Crippen molar-refractivity contribution in [2.75, 3.05) is 0 Å². The van der Waals surface area contributed by atoms with Crippen LogP contribution in [0.25, 0.3) is 0 Å². The van der Waals surface area contributed by atoms with Crippen LogP contribution >= 0.6 is 15.9 Å². The standard InChI is InChI=1S/C6H3BrF3NO/c7-5-4(8)1-3(2-11-5)12-6(9)10/h1-2,6H. The average Bonchev–Trinajstić information content (AvgIpc) is 1.96. The lowest BCUT2D eigenvalue weighted by molar-refractivity contribution is -0.0502. The van der Waals surface area contributed by atoms with Crippen molar-refractivity contribution in [2.45, 2.75) is 6.61 Å². The van der Waals surface area contributed by atoms with Crippen LogP contribution in [0, 0.1) is 5.82 Å². The average molecular weight is 242 g/mol. The maximum Gasteiger partial charge on any atom is 0.387 e. The van der Waals surface area contributed by atoms with Gasteiger partial charge in [-0.25, -0.2) is 9.37 Å². The highest BCUT2D eigenvalue weighted by Gasteiger charge is 2.07. The molecule has 0 bridgehead atoms. The summed E-state index contributed by atoms with van der Waals surface area (Å²) in [5, 5.41) is 0. The molecule has 2 nitrogen and oxygen atoms in total. The lowest BCUT2D eigenvalue weighted by atomic mass is 10.4. The minimum Gasteiger partial charge on any atom is -0.433 e. The van der Waals surface area contributed by atoms with Gasteiger partial charge in [0.2, 0.25) is 0 Å². The van der Waals surface area contributed by atoms with Crippen LogP contribution in [0.4, 0.5) is 13.2 Å². The molecule has 0 unspecified atom stereocenters. The van der Waals surface area contributed by atoms with E-state index in [-0.39, 0.29) is 10.4 Å². The fourth-order valence-corrected chi connectivity index (χ4v) is 0.788. The Kier molecular flexibility index (Phi) is 2.91. The van der Waals surface area contributed by atoms with Gasteiger partial charge < -0.3 is 4.74 Å². The fraction of sp³-hybridized carbons (Fsp3) is 0.167. The molecule has 0 atom stereocenters. The molecule has 0 aliphatic heterocycles. The lowest BCUT2D eigenvalue weighted by Gasteiger charge is -2.03. The Morgan fingerprint density at radius 2 is 2.17 bits per heavy atom. The number of hydrogen-bond donors (Lipinski definition) is 0. The molecule has 0 saturated heterocycles. The van der Waals surface area contributed by atoms with E-state index in [1.54, 1.807) is 0 Å². The summed E-state index contributed by atoms with van der Waals surface area (Å²) in [7, 11) is 0. The number of aromatic nitrogens is 1. The summed E-state index contributed by atoms with van der Waals surface area (Å²) in [5.74, 6) is -1.04. The zero-order valence-electron chi connectivity index (χ0n) is 5.60. The van der Waals surface area contributed by atoms with Crippen molar-refractivity contribution in [1.82, 2.24) is 4.98 Å². The number of nitrogens with zero attached hydrogens (tertiary/aromatic N) is 1. The number of ether oxygens (including phenoxy) is 1. The molecule has 1 aromatic heterocycles. The number of halogens is 4.